The number of rotatable bonds is 6. The molecule has 0 saturated carbocycles. The summed E-state index contributed by atoms with van der Waals surface area (Å²) in [5.74, 6) is 0. The molecule has 144 valence electrons. The molecule has 2 N–H and O–H groups in total. The van der Waals surface area contributed by atoms with Gasteiger partial charge in [0.25, 0.3) is 5.69 Å². The highest BCUT2D eigenvalue weighted by atomic mass is 19.4. The summed E-state index contributed by atoms with van der Waals surface area (Å²) >= 11 is 0. The largest absolute Gasteiger partial charge is 0.450 e. The topological polar surface area (TPSA) is 93.5 Å². The minimum absolute atomic E-state index is 0.0404. The minimum atomic E-state index is -4.63. The Morgan fingerprint density at radius 1 is 1.22 bits per heavy atom. The van der Waals surface area contributed by atoms with Crippen LogP contribution in [-0.2, 0) is 4.74 Å². The Balaban J connectivity index is 2.33. The second-order valence-corrected chi connectivity index (χ2v) is 5.36. The third-order valence-corrected chi connectivity index (χ3v) is 3.48. The van der Waals surface area contributed by atoms with E-state index in [4.69, 9.17) is 0 Å². The maximum absolute atomic E-state index is 13.4. The lowest BCUT2D eigenvalue weighted by Gasteiger charge is -2.23. The lowest BCUT2D eigenvalue weighted by Crippen LogP contribution is -2.27. The van der Waals surface area contributed by atoms with Gasteiger partial charge in [0.15, 0.2) is 0 Å². The van der Waals surface area contributed by atoms with E-state index in [1.54, 1.807) is 13.0 Å². The molecule has 0 aliphatic rings. The van der Waals surface area contributed by atoms with Crippen molar-refractivity contribution in [3.8, 4) is 0 Å². The molecule has 2 aromatic carbocycles. The van der Waals surface area contributed by atoms with Gasteiger partial charge in [0.05, 0.1) is 11.5 Å². The SMILES string of the molecule is CCOC(=O)Nc1ccc(NC(c2ccccc2)C(F)(F)F)cc1[N+](=O)[O-]. The van der Waals surface area contributed by atoms with E-state index in [1.807, 2.05) is 0 Å². The molecule has 0 fully saturated rings. The second-order valence-electron chi connectivity index (χ2n) is 5.36. The molecule has 1 atom stereocenters. The second kappa shape index (κ2) is 8.39. The Bertz CT molecular complexity index is 813. The van der Waals surface area contributed by atoms with Crippen LogP contribution in [0.15, 0.2) is 48.5 Å². The number of nitrogens with zero attached hydrogens (tertiary/aromatic N) is 1. The first-order valence-corrected chi connectivity index (χ1v) is 7.82. The van der Waals surface area contributed by atoms with Gasteiger partial charge in [0.2, 0.25) is 0 Å². The molecule has 0 aliphatic carbocycles. The number of anilines is 2. The minimum Gasteiger partial charge on any atom is -0.450 e. The molecule has 27 heavy (non-hydrogen) atoms. The number of halogens is 3. The Kier molecular flexibility index (Phi) is 6.22. The summed E-state index contributed by atoms with van der Waals surface area (Å²) in [5.41, 5.74) is -0.919. The highest BCUT2D eigenvalue weighted by Gasteiger charge is 2.41. The molecule has 2 aromatic rings. The predicted molar refractivity (Wildman–Crippen MR) is 92.6 cm³/mol. The van der Waals surface area contributed by atoms with Crippen molar-refractivity contribution in [2.75, 3.05) is 17.2 Å². The molecule has 1 unspecified atom stereocenters. The number of hydrogen-bond donors (Lipinski definition) is 2. The van der Waals surface area contributed by atoms with Gasteiger partial charge < -0.3 is 10.1 Å². The van der Waals surface area contributed by atoms with Crippen LogP contribution in [0.2, 0.25) is 0 Å². The van der Waals surface area contributed by atoms with E-state index in [2.05, 4.69) is 15.4 Å². The van der Waals surface area contributed by atoms with Gasteiger partial charge in [0.1, 0.15) is 11.7 Å². The molecule has 0 heterocycles. The summed E-state index contributed by atoms with van der Waals surface area (Å²) < 4.78 is 44.9. The Morgan fingerprint density at radius 2 is 1.89 bits per heavy atom. The smallest absolute Gasteiger partial charge is 0.412 e. The van der Waals surface area contributed by atoms with Gasteiger partial charge in [-0.15, -0.1) is 0 Å². The van der Waals surface area contributed by atoms with Crippen LogP contribution in [-0.4, -0.2) is 23.8 Å². The number of benzene rings is 2. The number of alkyl halides is 3. The summed E-state index contributed by atoms with van der Waals surface area (Å²) in [6, 6.07) is 8.32. The van der Waals surface area contributed by atoms with Crippen LogP contribution in [0.1, 0.15) is 18.5 Å². The van der Waals surface area contributed by atoms with Crippen LogP contribution in [0.4, 0.5) is 35.0 Å². The van der Waals surface area contributed by atoms with Gasteiger partial charge >= 0.3 is 12.3 Å². The molecule has 0 bridgehead atoms. The van der Waals surface area contributed by atoms with E-state index in [0.717, 1.165) is 12.1 Å². The summed E-state index contributed by atoms with van der Waals surface area (Å²) in [4.78, 5) is 21.9. The number of nitrogens with one attached hydrogen (secondary N) is 2. The molecule has 0 aromatic heterocycles. The lowest BCUT2D eigenvalue weighted by molar-refractivity contribution is -0.383. The van der Waals surface area contributed by atoms with Crippen LogP contribution in [0.5, 0.6) is 0 Å². The summed E-state index contributed by atoms with van der Waals surface area (Å²) in [6.07, 6.45) is -5.53. The van der Waals surface area contributed by atoms with Crippen molar-refractivity contribution in [3.63, 3.8) is 0 Å². The van der Waals surface area contributed by atoms with E-state index in [9.17, 15) is 28.1 Å². The van der Waals surface area contributed by atoms with Crippen molar-refractivity contribution in [1.82, 2.24) is 0 Å². The van der Waals surface area contributed by atoms with Gasteiger partial charge in [0, 0.05) is 11.8 Å². The lowest BCUT2D eigenvalue weighted by atomic mass is 10.1. The first kappa shape index (κ1) is 20.0. The molecule has 0 spiro atoms. The van der Waals surface area contributed by atoms with Crippen LogP contribution in [0, 0.1) is 10.1 Å². The van der Waals surface area contributed by atoms with Crippen molar-refractivity contribution >= 4 is 23.2 Å². The van der Waals surface area contributed by atoms with E-state index >= 15 is 0 Å². The third kappa shape index (κ3) is 5.33. The van der Waals surface area contributed by atoms with E-state index in [0.29, 0.717) is 0 Å². The quantitative estimate of drug-likeness (QED) is 0.548. The zero-order chi connectivity index (χ0) is 20.0. The molecule has 7 nitrogen and oxygen atoms in total. The van der Waals surface area contributed by atoms with Gasteiger partial charge in [-0.1, -0.05) is 30.3 Å². The average Bonchev–Trinajstić information content (AvgIpc) is 2.60. The molecule has 10 heteroatoms. The highest BCUT2D eigenvalue weighted by molar-refractivity contribution is 5.88. The molecule has 0 aliphatic heterocycles. The molecule has 2 rings (SSSR count). The normalized spacial score (nSPS) is 12.1. The van der Waals surface area contributed by atoms with Crippen molar-refractivity contribution in [3.05, 3.63) is 64.2 Å². The Hall–Kier alpha value is -3.30. The number of amides is 1. The monoisotopic (exact) mass is 383 g/mol. The zero-order valence-corrected chi connectivity index (χ0v) is 14.1. The molecular weight excluding hydrogens is 367 g/mol. The van der Waals surface area contributed by atoms with Gasteiger partial charge in [-0.05, 0) is 24.6 Å². The molecule has 0 radical (unpaired) electrons. The number of ether oxygens (including phenoxy) is 1. The van der Waals surface area contributed by atoms with Crippen molar-refractivity contribution in [2.24, 2.45) is 0 Å². The standard InChI is InChI=1S/C17H16F3N3O4/c1-2-27-16(24)22-13-9-8-12(10-14(13)23(25)26)21-15(17(18,19)20)11-6-4-3-5-7-11/h3-10,15,21H,2H2,1H3,(H,22,24). The fourth-order valence-electron chi connectivity index (χ4n) is 2.32. The molecule has 1 amide bonds. The molecule has 0 saturated heterocycles. The fraction of sp³-hybridized carbons (Fsp3) is 0.235. The zero-order valence-electron chi connectivity index (χ0n) is 14.1. The Morgan fingerprint density at radius 3 is 2.44 bits per heavy atom. The van der Waals surface area contributed by atoms with Gasteiger partial charge in [-0.25, -0.2) is 4.79 Å². The highest BCUT2D eigenvalue weighted by Crippen LogP contribution is 2.37. The average molecular weight is 383 g/mol. The maximum Gasteiger partial charge on any atom is 0.412 e. The number of nitro groups is 1. The number of nitro benzene ring substituents is 1. The number of carbonyl (C=O) groups excluding carboxylic acids is 1. The van der Waals surface area contributed by atoms with Crippen LogP contribution in [0.25, 0.3) is 0 Å². The van der Waals surface area contributed by atoms with Gasteiger partial charge in [-0.2, -0.15) is 13.2 Å². The summed E-state index contributed by atoms with van der Waals surface area (Å²) in [6.45, 7) is 1.62. The number of hydrogen-bond acceptors (Lipinski definition) is 5. The third-order valence-electron chi connectivity index (χ3n) is 3.48. The van der Waals surface area contributed by atoms with Crippen LogP contribution >= 0.6 is 0 Å². The van der Waals surface area contributed by atoms with E-state index < -0.39 is 28.9 Å². The number of carbonyl (C=O) groups is 1. The summed E-state index contributed by atoms with van der Waals surface area (Å²) in [5, 5.41) is 15.7. The first-order valence-electron chi connectivity index (χ1n) is 7.82. The van der Waals surface area contributed by atoms with E-state index in [1.165, 1.54) is 30.3 Å². The van der Waals surface area contributed by atoms with Gasteiger partial charge in [-0.3, -0.25) is 15.4 Å². The predicted octanol–water partition coefficient (Wildman–Crippen LogP) is 4.88. The maximum atomic E-state index is 13.4. The van der Waals surface area contributed by atoms with Crippen molar-refractivity contribution in [2.45, 2.75) is 19.1 Å². The molecular formula is C17H16F3N3O4. The van der Waals surface area contributed by atoms with Crippen molar-refractivity contribution in [1.29, 1.82) is 0 Å². The van der Waals surface area contributed by atoms with E-state index in [-0.39, 0.29) is 23.5 Å². The summed E-state index contributed by atoms with van der Waals surface area (Å²) in [7, 11) is 0. The first-order chi connectivity index (χ1) is 12.7. The van der Waals surface area contributed by atoms with Crippen LogP contribution < -0.4 is 10.6 Å². The fourth-order valence-corrected chi connectivity index (χ4v) is 2.32. The Labute approximate surface area is 152 Å². The van der Waals surface area contributed by atoms with Crippen molar-refractivity contribution < 1.29 is 27.6 Å². The van der Waals surface area contributed by atoms with Crippen LogP contribution in [0.3, 0.4) is 0 Å².